The molecule has 1 aliphatic rings. The highest BCUT2D eigenvalue weighted by atomic mass is 16.5. The van der Waals surface area contributed by atoms with Gasteiger partial charge in [-0.05, 0) is 19.8 Å². The molecule has 2 atom stereocenters. The van der Waals surface area contributed by atoms with Crippen molar-refractivity contribution in [3.63, 3.8) is 0 Å². The first-order valence-electron chi connectivity index (χ1n) is 5.24. The van der Waals surface area contributed by atoms with Crippen LogP contribution in [0.2, 0.25) is 0 Å². The van der Waals surface area contributed by atoms with Crippen molar-refractivity contribution in [2.75, 3.05) is 20.3 Å². The molecule has 1 rings (SSSR count). The lowest BCUT2D eigenvalue weighted by Crippen LogP contribution is -2.43. The Kier molecular flexibility index (Phi) is 4.35. The van der Waals surface area contributed by atoms with E-state index in [4.69, 9.17) is 4.74 Å². The number of nitrogens with zero attached hydrogens (tertiary/aromatic N) is 1. The molecule has 14 heavy (non-hydrogen) atoms. The predicted molar refractivity (Wildman–Crippen MR) is 54.9 cm³/mol. The van der Waals surface area contributed by atoms with Gasteiger partial charge in [0.25, 0.3) is 0 Å². The zero-order valence-electron chi connectivity index (χ0n) is 9.25. The van der Waals surface area contributed by atoms with E-state index < -0.39 is 0 Å². The van der Waals surface area contributed by atoms with Gasteiger partial charge in [0, 0.05) is 19.8 Å². The zero-order chi connectivity index (χ0) is 10.6. The van der Waals surface area contributed by atoms with Crippen molar-refractivity contribution in [2.24, 2.45) is 0 Å². The Morgan fingerprint density at radius 2 is 2.43 bits per heavy atom. The first-order chi connectivity index (χ1) is 6.70. The molecule has 2 unspecified atom stereocenters. The van der Waals surface area contributed by atoms with Crippen molar-refractivity contribution < 1.29 is 9.53 Å². The maximum Gasteiger partial charge on any atom is 0.238 e. The molecule has 1 N–H and O–H groups in total. The van der Waals surface area contributed by atoms with Crippen LogP contribution >= 0.6 is 0 Å². The Morgan fingerprint density at radius 1 is 1.71 bits per heavy atom. The molecule has 4 nitrogen and oxygen atoms in total. The SMILES string of the molecule is CCC1NCC(=O)N1C(C)CCOC. The second-order valence-corrected chi connectivity index (χ2v) is 3.74. The van der Waals surface area contributed by atoms with Crippen LogP contribution in [0.4, 0.5) is 0 Å². The summed E-state index contributed by atoms with van der Waals surface area (Å²) in [6.07, 6.45) is 2.08. The maximum atomic E-state index is 11.6. The van der Waals surface area contributed by atoms with E-state index in [0.717, 1.165) is 12.8 Å². The lowest BCUT2D eigenvalue weighted by molar-refractivity contribution is -0.130. The molecule has 1 fully saturated rings. The highest BCUT2D eigenvalue weighted by Gasteiger charge is 2.32. The van der Waals surface area contributed by atoms with Crippen LogP contribution in [0.5, 0.6) is 0 Å². The summed E-state index contributed by atoms with van der Waals surface area (Å²) in [7, 11) is 1.69. The van der Waals surface area contributed by atoms with Crippen molar-refractivity contribution in [3.05, 3.63) is 0 Å². The number of amides is 1. The van der Waals surface area contributed by atoms with Crippen molar-refractivity contribution in [2.45, 2.75) is 38.9 Å². The van der Waals surface area contributed by atoms with Gasteiger partial charge in [0.05, 0.1) is 12.7 Å². The summed E-state index contributed by atoms with van der Waals surface area (Å²) in [5.41, 5.74) is 0. The van der Waals surface area contributed by atoms with Gasteiger partial charge in [0.2, 0.25) is 5.91 Å². The minimum absolute atomic E-state index is 0.209. The monoisotopic (exact) mass is 200 g/mol. The fourth-order valence-electron chi connectivity index (χ4n) is 1.89. The van der Waals surface area contributed by atoms with Gasteiger partial charge in [0.1, 0.15) is 0 Å². The molecule has 1 aliphatic heterocycles. The predicted octanol–water partition coefficient (Wildman–Crippen LogP) is 0.579. The first kappa shape index (κ1) is 11.5. The third-order valence-corrected chi connectivity index (χ3v) is 2.71. The molecule has 82 valence electrons. The minimum atomic E-state index is 0.209. The van der Waals surface area contributed by atoms with Crippen molar-refractivity contribution in [1.29, 1.82) is 0 Å². The summed E-state index contributed by atoms with van der Waals surface area (Å²) < 4.78 is 5.02. The van der Waals surface area contributed by atoms with Crippen molar-refractivity contribution in [3.8, 4) is 0 Å². The summed E-state index contributed by atoms with van der Waals surface area (Å²) in [5.74, 6) is 0.209. The Bertz CT molecular complexity index is 197. The molecule has 0 aromatic rings. The highest BCUT2D eigenvalue weighted by molar-refractivity contribution is 5.80. The smallest absolute Gasteiger partial charge is 0.238 e. The van der Waals surface area contributed by atoms with Gasteiger partial charge in [-0.25, -0.2) is 0 Å². The van der Waals surface area contributed by atoms with Crippen LogP contribution in [0.3, 0.4) is 0 Å². The minimum Gasteiger partial charge on any atom is -0.385 e. The van der Waals surface area contributed by atoms with E-state index in [2.05, 4.69) is 19.2 Å². The standard InChI is InChI=1S/C10H20N2O2/c1-4-9-11-7-10(13)12(9)8(2)5-6-14-3/h8-9,11H,4-7H2,1-3H3. The molecule has 0 aliphatic carbocycles. The molecule has 0 spiro atoms. The lowest BCUT2D eigenvalue weighted by Gasteiger charge is -2.29. The molecule has 0 aromatic heterocycles. The number of hydrogen-bond donors (Lipinski definition) is 1. The normalized spacial score (nSPS) is 24.4. The molecule has 0 saturated carbocycles. The van der Waals surface area contributed by atoms with E-state index in [9.17, 15) is 4.79 Å². The van der Waals surface area contributed by atoms with E-state index in [0.29, 0.717) is 13.2 Å². The van der Waals surface area contributed by atoms with Crippen molar-refractivity contribution in [1.82, 2.24) is 10.2 Å². The van der Waals surface area contributed by atoms with E-state index in [1.807, 2.05) is 4.90 Å². The van der Waals surface area contributed by atoms with Crippen LogP contribution in [0.1, 0.15) is 26.7 Å². The number of carbonyl (C=O) groups excluding carboxylic acids is 1. The van der Waals surface area contributed by atoms with Crippen molar-refractivity contribution >= 4 is 5.91 Å². The van der Waals surface area contributed by atoms with Gasteiger partial charge in [-0.1, -0.05) is 6.92 Å². The second kappa shape index (κ2) is 5.32. The molecule has 0 aromatic carbocycles. The maximum absolute atomic E-state index is 11.6. The summed E-state index contributed by atoms with van der Waals surface area (Å²) in [6.45, 7) is 5.36. The van der Waals surface area contributed by atoms with E-state index in [1.54, 1.807) is 7.11 Å². The van der Waals surface area contributed by atoms with Gasteiger partial charge in [0.15, 0.2) is 0 Å². The first-order valence-corrected chi connectivity index (χ1v) is 5.24. The Hall–Kier alpha value is -0.610. The van der Waals surface area contributed by atoms with Crippen LogP contribution in [-0.4, -0.2) is 43.3 Å². The van der Waals surface area contributed by atoms with Crippen LogP contribution in [-0.2, 0) is 9.53 Å². The van der Waals surface area contributed by atoms with E-state index >= 15 is 0 Å². The van der Waals surface area contributed by atoms with Gasteiger partial charge in [-0.3, -0.25) is 10.1 Å². The molecule has 0 radical (unpaired) electrons. The van der Waals surface area contributed by atoms with Gasteiger partial charge >= 0.3 is 0 Å². The average molecular weight is 200 g/mol. The molecule has 0 bridgehead atoms. The summed E-state index contributed by atoms with van der Waals surface area (Å²) in [4.78, 5) is 13.5. The molecule has 1 heterocycles. The largest absolute Gasteiger partial charge is 0.385 e. The van der Waals surface area contributed by atoms with E-state index in [1.165, 1.54) is 0 Å². The molecular weight excluding hydrogens is 180 g/mol. The number of hydrogen-bond acceptors (Lipinski definition) is 3. The average Bonchev–Trinajstić information content (AvgIpc) is 2.56. The number of ether oxygens (including phenoxy) is 1. The molecular formula is C10H20N2O2. The van der Waals surface area contributed by atoms with Gasteiger partial charge in [-0.15, -0.1) is 0 Å². The van der Waals surface area contributed by atoms with Gasteiger partial charge < -0.3 is 9.64 Å². The summed E-state index contributed by atoms with van der Waals surface area (Å²) in [6, 6.07) is 0.266. The second-order valence-electron chi connectivity index (χ2n) is 3.74. The zero-order valence-corrected chi connectivity index (χ0v) is 9.25. The molecule has 4 heteroatoms. The number of nitrogens with one attached hydrogen (secondary N) is 1. The van der Waals surface area contributed by atoms with Crippen LogP contribution < -0.4 is 5.32 Å². The van der Waals surface area contributed by atoms with Crippen LogP contribution in [0.25, 0.3) is 0 Å². The topological polar surface area (TPSA) is 41.6 Å². The third kappa shape index (κ3) is 2.45. The quantitative estimate of drug-likeness (QED) is 0.706. The number of carbonyl (C=O) groups is 1. The van der Waals surface area contributed by atoms with Gasteiger partial charge in [-0.2, -0.15) is 0 Å². The van der Waals surface area contributed by atoms with Crippen LogP contribution in [0.15, 0.2) is 0 Å². The highest BCUT2D eigenvalue weighted by Crippen LogP contribution is 2.14. The number of methoxy groups -OCH3 is 1. The molecule has 1 amide bonds. The number of rotatable bonds is 5. The van der Waals surface area contributed by atoms with Crippen LogP contribution in [0, 0.1) is 0 Å². The Balaban J connectivity index is 2.50. The Morgan fingerprint density at radius 3 is 3.00 bits per heavy atom. The lowest BCUT2D eigenvalue weighted by atomic mass is 10.2. The summed E-state index contributed by atoms with van der Waals surface area (Å²) in [5, 5.41) is 3.20. The third-order valence-electron chi connectivity index (χ3n) is 2.71. The fraction of sp³-hybridized carbons (Fsp3) is 0.900. The fourth-order valence-corrected chi connectivity index (χ4v) is 1.89. The molecule has 1 saturated heterocycles. The van der Waals surface area contributed by atoms with E-state index in [-0.39, 0.29) is 18.1 Å². The summed E-state index contributed by atoms with van der Waals surface area (Å²) >= 11 is 0. The Labute approximate surface area is 85.6 Å².